The molecule has 0 saturated heterocycles. The molecule has 3 aromatic carbocycles. The molecule has 0 aliphatic heterocycles. The minimum atomic E-state index is -0.131. The highest BCUT2D eigenvalue weighted by atomic mass is 79.9. The third-order valence-corrected chi connectivity index (χ3v) is 6.27. The van der Waals surface area contributed by atoms with Crippen molar-refractivity contribution in [3.8, 4) is 11.3 Å². The molecule has 0 radical (unpaired) electrons. The molecule has 5 nitrogen and oxygen atoms in total. The number of carbonyl (C=O) groups excluding carboxylic acids is 1. The van der Waals surface area contributed by atoms with Crippen molar-refractivity contribution in [1.82, 2.24) is 15.3 Å². The van der Waals surface area contributed by atoms with Crippen molar-refractivity contribution in [3.63, 3.8) is 0 Å². The van der Waals surface area contributed by atoms with E-state index in [0.717, 1.165) is 48.7 Å². The van der Waals surface area contributed by atoms with Crippen LogP contribution >= 0.6 is 15.9 Å². The number of nitrogens with one attached hydrogen (secondary N) is 2. The fourth-order valence-electron chi connectivity index (χ4n) is 3.90. The first-order chi connectivity index (χ1) is 15.6. The minimum Gasteiger partial charge on any atom is -0.360 e. The number of nitrogens with two attached hydrogens (primary N) is 1. The molecule has 0 aliphatic carbocycles. The third kappa shape index (κ3) is 3.79. The standard InChI is InChI=1S/C26H21BrN4O/c27-22-6-3-5-19-21(15-29-25(19)22)24-12-20(18-4-1-2-7-23(18)31-24)26(32)30-14-17-10-8-16(13-28)9-11-17/h1-12,15,29H,13-14,28H2,(H,30,32). The van der Waals surface area contributed by atoms with Gasteiger partial charge in [-0.05, 0) is 45.3 Å². The third-order valence-electron chi connectivity index (χ3n) is 5.61. The zero-order valence-electron chi connectivity index (χ0n) is 17.2. The second-order valence-electron chi connectivity index (χ2n) is 7.64. The summed E-state index contributed by atoms with van der Waals surface area (Å²) in [5, 5.41) is 4.93. The summed E-state index contributed by atoms with van der Waals surface area (Å²) in [6.07, 6.45) is 1.94. The molecule has 5 rings (SSSR count). The quantitative estimate of drug-likeness (QED) is 0.306. The normalized spacial score (nSPS) is 11.2. The Bertz CT molecular complexity index is 1440. The van der Waals surface area contributed by atoms with Crippen molar-refractivity contribution >= 4 is 43.6 Å². The van der Waals surface area contributed by atoms with Crippen molar-refractivity contribution < 1.29 is 4.79 Å². The number of pyridine rings is 1. The zero-order valence-corrected chi connectivity index (χ0v) is 18.8. The first kappa shape index (κ1) is 20.4. The van der Waals surface area contributed by atoms with E-state index in [4.69, 9.17) is 10.7 Å². The van der Waals surface area contributed by atoms with Crippen LogP contribution in [0.4, 0.5) is 0 Å². The van der Waals surface area contributed by atoms with E-state index < -0.39 is 0 Å². The lowest BCUT2D eigenvalue weighted by Crippen LogP contribution is -2.23. The predicted molar refractivity (Wildman–Crippen MR) is 132 cm³/mol. The number of aromatic nitrogens is 2. The van der Waals surface area contributed by atoms with Crippen LogP contribution in [0.25, 0.3) is 33.1 Å². The number of fused-ring (bicyclic) bond motifs is 2. The summed E-state index contributed by atoms with van der Waals surface area (Å²) in [4.78, 5) is 21.4. The summed E-state index contributed by atoms with van der Waals surface area (Å²) in [6.45, 7) is 0.943. The second kappa shape index (κ2) is 8.57. The molecule has 32 heavy (non-hydrogen) atoms. The van der Waals surface area contributed by atoms with Crippen LogP contribution in [0.5, 0.6) is 0 Å². The first-order valence-corrected chi connectivity index (χ1v) is 11.1. The topological polar surface area (TPSA) is 83.8 Å². The van der Waals surface area contributed by atoms with Crippen molar-refractivity contribution in [1.29, 1.82) is 0 Å². The summed E-state index contributed by atoms with van der Waals surface area (Å²) in [7, 11) is 0. The van der Waals surface area contributed by atoms with Gasteiger partial charge in [0.15, 0.2) is 0 Å². The van der Waals surface area contributed by atoms with E-state index >= 15 is 0 Å². The predicted octanol–water partition coefficient (Wildman–Crippen LogP) is 5.53. The van der Waals surface area contributed by atoms with Gasteiger partial charge in [-0.15, -0.1) is 0 Å². The first-order valence-electron chi connectivity index (χ1n) is 10.4. The number of hydrogen-bond acceptors (Lipinski definition) is 3. The number of rotatable bonds is 5. The number of H-pyrrole nitrogens is 1. The Balaban J connectivity index is 1.53. The summed E-state index contributed by atoms with van der Waals surface area (Å²) in [6, 6.07) is 23.6. The van der Waals surface area contributed by atoms with Gasteiger partial charge in [-0.3, -0.25) is 4.79 Å². The van der Waals surface area contributed by atoms with Gasteiger partial charge >= 0.3 is 0 Å². The van der Waals surface area contributed by atoms with Gasteiger partial charge in [-0.1, -0.05) is 54.6 Å². The largest absolute Gasteiger partial charge is 0.360 e. The van der Waals surface area contributed by atoms with Gasteiger partial charge in [0.2, 0.25) is 0 Å². The Hall–Kier alpha value is -3.48. The van der Waals surface area contributed by atoms with Gasteiger partial charge in [-0.25, -0.2) is 4.98 Å². The number of nitrogens with zero attached hydrogens (tertiary/aromatic N) is 1. The van der Waals surface area contributed by atoms with Crippen LogP contribution in [0.15, 0.2) is 83.5 Å². The molecule has 6 heteroatoms. The monoisotopic (exact) mass is 484 g/mol. The van der Waals surface area contributed by atoms with E-state index in [-0.39, 0.29) is 5.91 Å². The maximum Gasteiger partial charge on any atom is 0.252 e. The maximum absolute atomic E-state index is 13.2. The summed E-state index contributed by atoms with van der Waals surface area (Å²) in [5.74, 6) is -0.131. The van der Waals surface area contributed by atoms with Crippen molar-refractivity contribution in [3.05, 3.63) is 100 Å². The van der Waals surface area contributed by atoms with Gasteiger partial charge in [-0.2, -0.15) is 0 Å². The molecule has 5 aromatic rings. The highest BCUT2D eigenvalue weighted by Gasteiger charge is 2.16. The molecule has 0 fully saturated rings. The number of halogens is 1. The lowest BCUT2D eigenvalue weighted by Gasteiger charge is -2.11. The van der Waals surface area contributed by atoms with E-state index in [1.54, 1.807) is 0 Å². The van der Waals surface area contributed by atoms with Crippen molar-refractivity contribution in [2.24, 2.45) is 5.73 Å². The number of benzene rings is 3. The molecule has 0 aliphatic rings. The van der Waals surface area contributed by atoms with Gasteiger partial charge in [0.25, 0.3) is 5.91 Å². The van der Waals surface area contributed by atoms with Crippen LogP contribution in [-0.2, 0) is 13.1 Å². The van der Waals surface area contributed by atoms with Crippen LogP contribution in [0.1, 0.15) is 21.5 Å². The smallest absolute Gasteiger partial charge is 0.252 e. The van der Waals surface area contributed by atoms with Crippen molar-refractivity contribution in [2.75, 3.05) is 0 Å². The van der Waals surface area contributed by atoms with E-state index in [0.29, 0.717) is 18.7 Å². The van der Waals surface area contributed by atoms with Gasteiger partial charge in [0.05, 0.1) is 22.3 Å². The molecule has 1 amide bonds. The van der Waals surface area contributed by atoms with Gasteiger partial charge in [0, 0.05) is 40.1 Å². The number of carbonyl (C=O) groups is 1. The van der Waals surface area contributed by atoms with Crippen molar-refractivity contribution in [2.45, 2.75) is 13.1 Å². The molecule has 0 atom stereocenters. The highest BCUT2D eigenvalue weighted by Crippen LogP contribution is 2.33. The van der Waals surface area contributed by atoms with E-state index in [2.05, 4.69) is 26.2 Å². The van der Waals surface area contributed by atoms with Gasteiger partial charge in [0.1, 0.15) is 0 Å². The van der Waals surface area contributed by atoms with Gasteiger partial charge < -0.3 is 16.0 Å². The molecule has 0 unspecified atom stereocenters. The van der Waals surface area contributed by atoms with Crippen LogP contribution < -0.4 is 11.1 Å². The zero-order chi connectivity index (χ0) is 22.1. The number of hydrogen-bond donors (Lipinski definition) is 3. The van der Waals surface area contributed by atoms with Crippen LogP contribution in [0.2, 0.25) is 0 Å². The SMILES string of the molecule is NCc1ccc(CNC(=O)c2cc(-c3c[nH]c4c(Br)cccc34)nc3ccccc23)cc1. The number of aromatic amines is 1. The lowest BCUT2D eigenvalue weighted by atomic mass is 10.0. The number of amides is 1. The lowest BCUT2D eigenvalue weighted by molar-refractivity contribution is 0.0952. The van der Waals surface area contributed by atoms with E-state index in [1.165, 1.54) is 0 Å². The van der Waals surface area contributed by atoms with Crippen LogP contribution in [-0.4, -0.2) is 15.9 Å². The highest BCUT2D eigenvalue weighted by molar-refractivity contribution is 9.10. The minimum absolute atomic E-state index is 0.131. The Morgan fingerprint density at radius 1 is 0.969 bits per heavy atom. The van der Waals surface area contributed by atoms with E-state index in [1.807, 2.05) is 79.0 Å². The summed E-state index contributed by atoms with van der Waals surface area (Å²) in [5.41, 5.74) is 11.9. The molecule has 4 N–H and O–H groups in total. The summed E-state index contributed by atoms with van der Waals surface area (Å²) < 4.78 is 0.987. The Kier molecular flexibility index (Phi) is 5.47. The molecular weight excluding hydrogens is 464 g/mol. The Morgan fingerprint density at radius 2 is 1.72 bits per heavy atom. The number of para-hydroxylation sites is 2. The second-order valence-corrected chi connectivity index (χ2v) is 8.49. The molecular formula is C26H21BrN4O. The Morgan fingerprint density at radius 3 is 2.53 bits per heavy atom. The fourth-order valence-corrected chi connectivity index (χ4v) is 4.38. The van der Waals surface area contributed by atoms with E-state index in [9.17, 15) is 4.79 Å². The molecule has 0 saturated carbocycles. The summed E-state index contributed by atoms with van der Waals surface area (Å²) >= 11 is 3.59. The molecule has 158 valence electrons. The molecule has 0 spiro atoms. The van der Waals surface area contributed by atoms with Crippen LogP contribution in [0.3, 0.4) is 0 Å². The van der Waals surface area contributed by atoms with Crippen LogP contribution in [0, 0.1) is 0 Å². The average molecular weight is 485 g/mol. The Labute approximate surface area is 193 Å². The molecule has 0 bridgehead atoms. The fraction of sp³-hybridized carbons (Fsp3) is 0.0769. The maximum atomic E-state index is 13.2. The molecule has 2 aromatic heterocycles. The molecule has 2 heterocycles. The average Bonchev–Trinajstić information content (AvgIpc) is 3.28.